The standard InChI is InChI=1S/C20H20N4O2S2/c1-11(2)10-21-19-22-14-7-8-15-17(16(14)27-19)28-20(23-15)24-18(25)12-5-4-6-13(9-12)26-3/h4-9,11H,10H2,1-3H3,(H,21,22)(H,23,24,25). The van der Waals surface area contributed by atoms with E-state index in [1.165, 1.54) is 11.3 Å². The summed E-state index contributed by atoms with van der Waals surface area (Å²) in [6.07, 6.45) is 0. The molecule has 0 spiro atoms. The first-order valence-electron chi connectivity index (χ1n) is 8.93. The van der Waals surface area contributed by atoms with Gasteiger partial charge in [-0.2, -0.15) is 0 Å². The number of hydrogen-bond acceptors (Lipinski definition) is 7. The Bertz CT molecular complexity index is 1150. The van der Waals surface area contributed by atoms with Gasteiger partial charge in [-0.25, -0.2) is 9.97 Å². The molecule has 0 fully saturated rings. The van der Waals surface area contributed by atoms with E-state index in [-0.39, 0.29) is 5.91 Å². The normalized spacial score (nSPS) is 11.3. The second-order valence-electron chi connectivity index (χ2n) is 6.76. The van der Waals surface area contributed by atoms with Gasteiger partial charge < -0.3 is 10.1 Å². The van der Waals surface area contributed by atoms with Crippen LogP contribution in [0.1, 0.15) is 24.2 Å². The van der Waals surface area contributed by atoms with Gasteiger partial charge in [0.05, 0.1) is 27.5 Å². The lowest BCUT2D eigenvalue weighted by atomic mass is 10.2. The summed E-state index contributed by atoms with van der Waals surface area (Å²) < 4.78 is 7.31. The van der Waals surface area contributed by atoms with E-state index in [0.717, 1.165) is 32.1 Å². The number of thiazole rings is 2. The molecule has 144 valence electrons. The van der Waals surface area contributed by atoms with Crippen molar-refractivity contribution in [2.45, 2.75) is 13.8 Å². The maximum atomic E-state index is 12.6. The summed E-state index contributed by atoms with van der Waals surface area (Å²) in [5, 5.41) is 7.75. The number of anilines is 2. The summed E-state index contributed by atoms with van der Waals surface area (Å²) in [6.45, 7) is 5.21. The van der Waals surface area contributed by atoms with Gasteiger partial charge >= 0.3 is 0 Å². The van der Waals surface area contributed by atoms with Crippen LogP contribution in [0.15, 0.2) is 36.4 Å². The third-order valence-electron chi connectivity index (χ3n) is 4.13. The molecule has 0 saturated heterocycles. The van der Waals surface area contributed by atoms with Crippen molar-refractivity contribution in [1.82, 2.24) is 9.97 Å². The number of carbonyl (C=O) groups excluding carboxylic acids is 1. The molecule has 0 aliphatic carbocycles. The van der Waals surface area contributed by atoms with Gasteiger partial charge in [-0.3, -0.25) is 10.1 Å². The van der Waals surface area contributed by atoms with E-state index in [1.807, 2.05) is 12.1 Å². The summed E-state index contributed by atoms with van der Waals surface area (Å²) in [7, 11) is 1.58. The van der Waals surface area contributed by atoms with Gasteiger partial charge in [0.15, 0.2) is 10.3 Å². The monoisotopic (exact) mass is 412 g/mol. The van der Waals surface area contributed by atoms with E-state index in [9.17, 15) is 4.79 Å². The molecule has 0 bridgehead atoms. The fourth-order valence-corrected chi connectivity index (χ4v) is 4.78. The zero-order valence-electron chi connectivity index (χ0n) is 15.8. The Balaban J connectivity index is 1.61. The highest BCUT2D eigenvalue weighted by Crippen LogP contribution is 2.37. The Labute approximate surface area is 170 Å². The van der Waals surface area contributed by atoms with Crippen molar-refractivity contribution in [2.75, 3.05) is 24.3 Å². The zero-order chi connectivity index (χ0) is 19.7. The largest absolute Gasteiger partial charge is 0.497 e. The molecular formula is C20H20N4O2S2. The van der Waals surface area contributed by atoms with Gasteiger partial charge in [0, 0.05) is 12.1 Å². The first-order chi connectivity index (χ1) is 13.5. The number of carbonyl (C=O) groups is 1. The number of fused-ring (bicyclic) bond motifs is 3. The second kappa shape index (κ2) is 7.73. The zero-order valence-corrected chi connectivity index (χ0v) is 17.4. The van der Waals surface area contributed by atoms with E-state index in [2.05, 4.69) is 34.4 Å². The van der Waals surface area contributed by atoms with E-state index in [1.54, 1.807) is 42.7 Å². The van der Waals surface area contributed by atoms with E-state index in [0.29, 0.717) is 22.4 Å². The Kier molecular flexibility index (Phi) is 5.15. The highest BCUT2D eigenvalue weighted by Gasteiger charge is 2.14. The summed E-state index contributed by atoms with van der Waals surface area (Å²) >= 11 is 3.09. The van der Waals surface area contributed by atoms with Crippen molar-refractivity contribution in [3.63, 3.8) is 0 Å². The number of ether oxygens (including phenoxy) is 1. The number of rotatable bonds is 6. The predicted octanol–water partition coefficient (Wildman–Crippen LogP) is 5.23. The van der Waals surface area contributed by atoms with Crippen LogP contribution in [0.2, 0.25) is 0 Å². The molecule has 0 aliphatic rings. The maximum Gasteiger partial charge on any atom is 0.257 e. The molecule has 0 unspecified atom stereocenters. The number of nitrogens with one attached hydrogen (secondary N) is 2. The Morgan fingerprint density at radius 3 is 2.43 bits per heavy atom. The van der Waals surface area contributed by atoms with Crippen molar-refractivity contribution in [3.05, 3.63) is 42.0 Å². The van der Waals surface area contributed by atoms with E-state index < -0.39 is 0 Å². The van der Waals surface area contributed by atoms with Crippen LogP contribution in [0.25, 0.3) is 20.4 Å². The molecule has 0 saturated carbocycles. The Morgan fingerprint density at radius 1 is 1.07 bits per heavy atom. The Morgan fingerprint density at radius 2 is 1.75 bits per heavy atom. The summed E-state index contributed by atoms with van der Waals surface area (Å²) in [5.74, 6) is 0.983. The number of hydrogen-bond donors (Lipinski definition) is 2. The summed E-state index contributed by atoms with van der Waals surface area (Å²) in [4.78, 5) is 21.8. The molecule has 8 heteroatoms. The third-order valence-corrected chi connectivity index (χ3v) is 6.31. The van der Waals surface area contributed by atoms with Gasteiger partial charge in [-0.05, 0) is 36.2 Å². The molecule has 2 N–H and O–H groups in total. The number of methoxy groups -OCH3 is 1. The predicted molar refractivity (Wildman–Crippen MR) is 117 cm³/mol. The lowest BCUT2D eigenvalue weighted by molar-refractivity contribution is 0.102. The van der Waals surface area contributed by atoms with Gasteiger partial charge in [-0.15, -0.1) is 0 Å². The summed E-state index contributed by atoms with van der Waals surface area (Å²) in [5.41, 5.74) is 2.33. The van der Waals surface area contributed by atoms with Gasteiger partial charge in [-0.1, -0.05) is 42.6 Å². The Hall–Kier alpha value is -2.71. The molecule has 2 heterocycles. The van der Waals surface area contributed by atoms with E-state index in [4.69, 9.17) is 4.74 Å². The molecule has 0 aliphatic heterocycles. The molecule has 0 radical (unpaired) electrons. The second-order valence-corrected chi connectivity index (χ2v) is 8.76. The van der Waals surface area contributed by atoms with Crippen molar-refractivity contribution < 1.29 is 9.53 Å². The quantitative estimate of drug-likeness (QED) is 0.453. The smallest absolute Gasteiger partial charge is 0.257 e. The molecule has 1 amide bonds. The van der Waals surface area contributed by atoms with Crippen LogP contribution in [0.3, 0.4) is 0 Å². The van der Waals surface area contributed by atoms with Crippen LogP contribution < -0.4 is 15.4 Å². The number of nitrogens with zero attached hydrogens (tertiary/aromatic N) is 2. The van der Waals surface area contributed by atoms with Crippen molar-refractivity contribution in [2.24, 2.45) is 5.92 Å². The highest BCUT2D eigenvalue weighted by atomic mass is 32.1. The topological polar surface area (TPSA) is 76.1 Å². The van der Waals surface area contributed by atoms with E-state index >= 15 is 0 Å². The van der Waals surface area contributed by atoms with Crippen molar-refractivity contribution >= 4 is 59.3 Å². The fraction of sp³-hybridized carbons (Fsp3) is 0.250. The average molecular weight is 413 g/mol. The number of aromatic nitrogens is 2. The highest BCUT2D eigenvalue weighted by molar-refractivity contribution is 7.30. The minimum atomic E-state index is -0.210. The molecular weight excluding hydrogens is 392 g/mol. The molecule has 6 nitrogen and oxygen atoms in total. The van der Waals surface area contributed by atoms with Crippen LogP contribution >= 0.6 is 22.7 Å². The molecule has 2 aromatic heterocycles. The number of benzene rings is 2. The third kappa shape index (κ3) is 3.79. The average Bonchev–Trinajstić information content (AvgIpc) is 3.29. The first-order valence-corrected chi connectivity index (χ1v) is 10.6. The molecule has 4 rings (SSSR count). The SMILES string of the molecule is COc1cccc(C(=O)Nc2nc3ccc4nc(NCC(C)C)sc4c3s2)c1. The molecule has 28 heavy (non-hydrogen) atoms. The van der Waals surface area contributed by atoms with Crippen LogP contribution in [-0.4, -0.2) is 29.5 Å². The van der Waals surface area contributed by atoms with Gasteiger partial charge in [0.25, 0.3) is 5.91 Å². The van der Waals surface area contributed by atoms with Crippen LogP contribution in [0.4, 0.5) is 10.3 Å². The molecule has 4 aromatic rings. The van der Waals surface area contributed by atoms with Crippen LogP contribution in [0.5, 0.6) is 5.75 Å². The van der Waals surface area contributed by atoms with Crippen LogP contribution in [-0.2, 0) is 0 Å². The first kappa shape index (κ1) is 18.6. The lowest BCUT2D eigenvalue weighted by Crippen LogP contribution is -2.11. The molecule has 0 atom stereocenters. The summed E-state index contributed by atoms with van der Waals surface area (Å²) in [6, 6.07) is 11.0. The fourth-order valence-electron chi connectivity index (χ4n) is 2.73. The maximum absolute atomic E-state index is 12.6. The van der Waals surface area contributed by atoms with Crippen molar-refractivity contribution in [1.29, 1.82) is 0 Å². The molecule has 2 aromatic carbocycles. The number of amides is 1. The van der Waals surface area contributed by atoms with Crippen LogP contribution in [0, 0.1) is 5.92 Å². The minimum absolute atomic E-state index is 0.210. The minimum Gasteiger partial charge on any atom is -0.497 e. The lowest BCUT2D eigenvalue weighted by Gasteiger charge is -2.04. The van der Waals surface area contributed by atoms with Gasteiger partial charge in [0.1, 0.15) is 5.75 Å². The van der Waals surface area contributed by atoms with Gasteiger partial charge in [0.2, 0.25) is 0 Å². The van der Waals surface area contributed by atoms with Crippen molar-refractivity contribution in [3.8, 4) is 5.75 Å².